The van der Waals surface area contributed by atoms with Gasteiger partial charge in [0.1, 0.15) is 23.1 Å². The van der Waals surface area contributed by atoms with Crippen LogP contribution in [0.4, 0.5) is 4.39 Å². The van der Waals surface area contributed by atoms with Crippen LogP contribution in [0.1, 0.15) is 42.9 Å². The predicted molar refractivity (Wildman–Crippen MR) is 137 cm³/mol. The molecule has 0 saturated carbocycles. The third-order valence-corrected chi connectivity index (χ3v) is 6.38. The van der Waals surface area contributed by atoms with E-state index in [2.05, 4.69) is 4.99 Å². The van der Waals surface area contributed by atoms with Gasteiger partial charge in [-0.1, -0.05) is 6.07 Å². The zero-order valence-corrected chi connectivity index (χ0v) is 20.0. The lowest BCUT2D eigenvalue weighted by atomic mass is 9.78. The van der Waals surface area contributed by atoms with Gasteiger partial charge >= 0.3 is 7.12 Å². The fourth-order valence-corrected chi connectivity index (χ4v) is 4.64. The summed E-state index contributed by atoms with van der Waals surface area (Å²) in [6, 6.07) is 8.07. The highest BCUT2D eigenvalue weighted by molar-refractivity contribution is 6.61. The number of carbonyl (C=O) groups excluding carboxylic acids is 1. The van der Waals surface area contributed by atoms with Gasteiger partial charge in [0.2, 0.25) is 0 Å². The Labute approximate surface area is 204 Å². The summed E-state index contributed by atoms with van der Waals surface area (Å²) in [7, 11) is 1.13. The molecule has 0 saturated heterocycles. The summed E-state index contributed by atoms with van der Waals surface area (Å²) in [6.45, 7) is 2.55. The second-order valence-electron chi connectivity index (χ2n) is 8.59. The van der Waals surface area contributed by atoms with Crippen LogP contribution in [0.3, 0.4) is 0 Å². The molecule has 180 valence electrons. The number of methoxy groups -OCH3 is 2. The number of ketones is 1. The van der Waals surface area contributed by atoms with Crippen LogP contribution in [0.2, 0.25) is 0 Å². The van der Waals surface area contributed by atoms with Crippen molar-refractivity contribution < 1.29 is 28.7 Å². The molecule has 2 aromatic carbocycles. The Morgan fingerprint density at radius 3 is 2.46 bits per heavy atom. The Morgan fingerprint density at radius 1 is 1.14 bits per heavy atom. The fourth-order valence-electron chi connectivity index (χ4n) is 4.64. The van der Waals surface area contributed by atoms with Gasteiger partial charge in [0, 0.05) is 19.1 Å². The average molecular weight is 475 g/mol. The molecule has 0 atom stereocenters. The van der Waals surface area contributed by atoms with Gasteiger partial charge in [0.15, 0.2) is 0 Å². The number of allylic oxidation sites excluding steroid dienone is 4. The van der Waals surface area contributed by atoms with E-state index >= 15 is 0 Å². The number of carbonyl (C=O) groups is 1. The van der Waals surface area contributed by atoms with Crippen molar-refractivity contribution in [3.05, 3.63) is 70.1 Å². The molecular formula is C27H27BFNO5. The van der Waals surface area contributed by atoms with Gasteiger partial charge in [-0.2, -0.15) is 0 Å². The van der Waals surface area contributed by atoms with E-state index in [0.717, 1.165) is 39.0 Å². The van der Waals surface area contributed by atoms with Crippen molar-refractivity contribution in [2.24, 2.45) is 4.99 Å². The molecule has 0 fully saturated rings. The molecule has 0 spiro atoms. The van der Waals surface area contributed by atoms with E-state index in [4.69, 9.17) is 9.47 Å². The van der Waals surface area contributed by atoms with Gasteiger partial charge in [-0.05, 0) is 88.7 Å². The lowest BCUT2D eigenvalue weighted by molar-refractivity contribution is -0.118. The maximum absolute atomic E-state index is 14.2. The maximum atomic E-state index is 14.2. The molecule has 6 nitrogen and oxygen atoms in total. The lowest BCUT2D eigenvalue weighted by Crippen LogP contribution is -2.32. The molecule has 0 aromatic heterocycles. The number of aliphatic imine (C=N–C) groups is 1. The Morgan fingerprint density at radius 2 is 1.86 bits per heavy atom. The molecule has 1 aliphatic carbocycles. The monoisotopic (exact) mass is 475 g/mol. The first-order chi connectivity index (χ1) is 16.8. The normalized spacial score (nSPS) is 15.5. The second-order valence-corrected chi connectivity index (χ2v) is 8.59. The fraction of sp³-hybridized carbons (Fsp3) is 0.259. The topological polar surface area (TPSA) is 88.4 Å². The number of ether oxygens (including phenoxy) is 2. The third-order valence-electron chi connectivity index (χ3n) is 6.38. The van der Waals surface area contributed by atoms with Crippen molar-refractivity contribution in [1.82, 2.24) is 0 Å². The first kappa shape index (κ1) is 24.6. The summed E-state index contributed by atoms with van der Waals surface area (Å²) in [4.78, 5) is 16.7. The van der Waals surface area contributed by atoms with Crippen molar-refractivity contribution in [2.45, 2.75) is 26.2 Å². The van der Waals surface area contributed by atoms with Gasteiger partial charge < -0.3 is 19.5 Å². The molecule has 1 heterocycles. The SMILES string of the molecule is COc1cc(C=C2C(C)=C(CCC(=O)CC3=CC=NC3)c3cc(F)ccc32)cc(OC)c1B(O)O. The van der Waals surface area contributed by atoms with Crippen molar-refractivity contribution in [1.29, 1.82) is 0 Å². The average Bonchev–Trinajstić information content (AvgIpc) is 3.43. The van der Waals surface area contributed by atoms with E-state index in [-0.39, 0.29) is 28.6 Å². The first-order valence-corrected chi connectivity index (χ1v) is 11.4. The molecule has 35 heavy (non-hydrogen) atoms. The molecule has 1 aliphatic heterocycles. The molecule has 0 bridgehead atoms. The molecular weight excluding hydrogens is 448 g/mol. The van der Waals surface area contributed by atoms with Crippen molar-refractivity contribution in [3.8, 4) is 11.5 Å². The summed E-state index contributed by atoms with van der Waals surface area (Å²) >= 11 is 0. The minimum atomic E-state index is -1.76. The number of halogens is 1. The number of rotatable bonds is 9. The van der Waals surface area contributed by atoms with Gasteiger partial charge in [0.05, 0.1) is 26.2 Å². The number of fused-ring (bicyclic) bond motifs is 1. The Hall–Kier alpha value is -3.49. The Bertz CT molecular complexity index is 1270. The van der Waals surface area contributed by atoms with Gasteiger partial charge in [-0.15, -0.1) is 0 Å². The van der Waals surface area contributed by atoms with E-state index in [0.29, 0.717) is 25.8 Å². The van der Waals surface area contributed by atoms with E-state index in [1.165, 1.54) is 26.4 Å². The molecule has 0 radical (unpaired) electrons. The van der Waals surface area contributed by atoms with Gasteiger partial charge in [-0.25, -0.2) is 4.39 Å². The van der Waals surface area contributed by atoms with Gasteiger partial charge in [0.25, 0.3) is 0 Å². The number of nitrogens with zero attached hydrogens (tertiary/aromatic N) is 1. The van der Waals surface area contributed by atoms with E-state index in [9.17, 15) is 19.2 Å². The molecule has 2 aliphatic rings. The van der Waals surface area contributed by atoms with E-state index in [1.54, 1.807) is 24.4 Å². The van der Waals surface area contributed by atoms with Crippen LogP contribution in [0.15, 0.2) is 52.5 Å². The van der Waals surface area contributed by atoms with Crippen molar-refractivity contribution in [3.63, 3.8) is 0 Å². The van der Waals surface area contributed by atoms with E-state index in [1.807, 2.05) is 19.1 Å². The second kappa shape index (κ2) is 10.4. The quantitative estimate of drug-likeness (QED) is 0.542. The highest BCUT2D eigenvalue weighted by atomic mass is 19.1. The summed E-state index contributed by atoms with van der Waals surface area (Å²) < 4.78 is 24.9. The van der Waals surface area contributed by atoms with Crippen molar-refractivity contribution in [2.75, 3.05) is 20.8 Å². The number of benzene rings is 2. The smallest absolute Gasteiger partial charge is 0.496 e. The molecule has 0 amide bonds. The minimum Gasteiger partial charge on any atom is -0.497 e. The standard InChI is InChI=1S/C27H27BFNO5/c1-16-21(7-5-20(31)10-17-8-9-30-15-17)24-14-19(29)4-6-22(24)23(16)11-18-12-25(34-2)27(28(32)33)26(13-18)35-3/h4,6,8-9,11-14,32-33H,5,7,10,15H2,1-3H3. The van der Waals surface area contributed by atoms with Crippen LogP contribution in [0.25, 0.3) is 17.2 Å². The molecule has 8 heteroatoms. The van der Waals surface area contributed by atoms with Crippen LogP contribution in [-0.2, 0) is 4.79 Å². The number of hydrogen-bond donors (Lipinski definition) is 2. The Balaban J connectivity index is 1.69. The summed E-state index contributed by atoms with van der Waals surface area (Å²) in [5.41, 5.74) is 6.34. The van der Waals surface area contributed by atoms with E-state index < -0.39 is 7.12 Å². The summed E-state index contributed by atoms with van der Waals surface area (Å²) in [6.07, 6.45) is 6.79. The molecule has 4 rings (SSSR count). The molecule has 2 aromatic rings. The summed E-state index contributed by atoms with van der Waals surface area (Å²) in [5, 5.41) is 19.5. The van der Waals surface area contributed by atoms with Crippen LogP contribution in [0.5, 0.6) is 11.5 Å². The highest BCUT2D eigenvalue weighted by Crippen LogP contribution is 2.44. The zero-order chi connectivity index (χ0) is 25.1. The largest absolute Gasteiger partial charge is 0.497 e. The molecule has 0 unspecified atom stereocenters. The highest BCUT2D eigenvalue weighted by Gasteiger charge is 2.26. The zero-order valence-electron chi connectivity index (χ0n) is 20.0. The number of hydrogen-bond acceptors (Lipinski definition) is 6. The third kappa shape index (κ3) is 5.13. The van der Waals surface area contributed by atoms with Crippen LogP contribution in [0, 0.1) is 5.82 Å². The number of Topliss-reactive ketones (excluding diaryl/α,β-unsaturated/α-hetero) is 1. The van der Waals surface area contributed by atoms with Crippen LogP contribution in [-0.4, -0.2) is 49.9 Å². The lowest BCUT2D eigenvalue weighted by Gasteiger charge is -2.14. The minimum absolute atomic E-state index is 0.130. The first-order valence-electron chi connectivity index (χ1n) is 11.4. The van der Waals surface area contributed by atoms with Crippen molar-refractivity contribution >= 4 is 41.8 Å². The van der Waals surface area contributed by atoms with Gasteiger partial charge in [-0.3, -0.25) is 9.79 Å². The predicted octanol–water partition coefficient (Wildman–Crippen LogP) is 3.60. The Kier molecular flexibility index (Phi) is 7.33. The maximum Gasteiger partial charge on any atom is 0.496 e. The van der Waals surface area contributed by atoms with Crippen LogP contribution < -0.4 is 14.9 Å². The summed E-state index contributed by atoms with van der Waals surface area (Å²) in [5.74, 6) is 0.354. The van der Waals surface area contributed by atoms with Crippen LogP contribution >= 0.6 is 0 Å². The molecule has 2 N–H and O–H groups in total.